The van der Waals surface area contributed by atoms with Crippen LogP contribution in [0.5, 0.6) is 5.75 Å². The summed E-state index contributed by atoms with van der Waals surface area (Å²) >= 11 is 5.59. The lowest BCUT2D eigenvalue weighted by Crippen LogP contribution is -2.32. The highest BCUT2D eigenvalue weighted by Gasteiger charge is 2.41. The zero-order valence-electron chi connectivity index (χ0n) is 16.4. The highest BCUT2D eigenvalue weighted by Crippen LogP contribution is 2.41. The van der Waals surface area contributed by atoms with Crippen LogP contribution in [0.1, 0.15) is 34.7 Å². The number of hydrogen-bond donors (Lipinski definition) is 3. The minimum Gasteiger partial charge on any atom is -0.508 e. The number of thiocarbonyl (C=S) groups is 1. The number of β-amino-alcohol motifs (C(OH)–C–C–N with tert-alkyl or cyclic N) is 1. The van der Waals surface area contributed by atoms with Gasteiger partial charge in [0.15, 0.2) is 5.11 Å². The lowest BCUT2D eigenvalue weighted by molar-refractivity contribution is 0.223. The average molecular weight is 409 g/mol. The Bertz CT molecular complexity index is 1020. The molecule has 150 valence electrons. The molecule has 1 aliphatic rings. The number of phenols is 1. The van der Waals surface area contributed by atoms with E-state index >= 15 is 0 Å². The molecule has 1 fully saturated rings. The second kappa shape index (κ2) is 7.85. The Hall–Kier alpha value is -2.90. The SMILES string of the molecule is Cc1cc([C@H]2[C@@H](c3ccccn3)NC(=S)N2CCO)c(C)n1-c1ccc(O)cc1. The Kier molecular flexibility index (Phi) is 5.25. The van der Waals surface area contributed by atoms with Crippen LogP contribution in [0, 0.1) is 13.8 Å². The lowest BCUT2D eigenvalue weighted by Gasteiger charge is -2.27. The minimum absolute atomic E-state index is 0.0178. The first-order chi connectivity index (χ1) is 14.0. The van der Waals surface area contributed by atoms with E-state index in [1.54, 1.807) is 18.3 Å². The smallest absolute Gasteiger partial charge is 0.170 e. The third kappa shape index (κ3) is 3.47. The van der Waals surface area contributed by atoms with Gasteiger partial charge in [-0.3, -0.25) is 4.98 Å². The second-order valence-corrected chi connectivity index (χ2v) is 7.61. The molecule has 1 aromatic carbocycles. The molecule has 0 saturated carbocycles. The van der Waals surface area contributed by atoms with E-state index in [1.807, 2.05) is 35.2 Å². The fraction of sp³-hybridized carbons (Fsp3) is 0.273. The highest BCUT2D eigenvalue weighted by molar-refractivity contribution is 7.80. The lowest BCUT2D eigenvalue weighted by atomic mass is 9.97. The van der Waals surface area contributed by atoms with Gasteiger partial charge in [-0.05, 0) is 74.1 Å². The average Bonchev–Trinajstić information content (AvgIpc) is 3.20. The van der Waals surface area contributed by atoms with Gasteiger partial charge in [0.25, 0.3) is 0 Å². The predicted octanol–water partition coefficient (Wildman–Crippen LogP) is 3.16. The molecular formula is C22H24N4O2S. The first kappa shape index (κ1) is 19.4. The van der Waals surface area contributed by atoms with Gasteiger partial charge in [-0.15, -0.1) is 0 Å². The summed E-state index contributed by atoms with van der Waals surface area (Å²) in [4.78, 5) is 6.59. The van der Waals surface area contributed by atoms with E-state index in [2.05, 4.69) is 34.8 Å². The summed E-state index contributed by atoms with van der Waals surface area (Å²) in [5.41, 5.74) is 5.21. The number of phenolic OH excluding ortho intramolecular Hbond substituents is 1. The van der Waals surface area contributed by atoms with Crippen molar-refractivity contribution in [1.82, 2.24) is 19.8 Å². The Morgan fingerprint density at radius 1 is 1.14 bits per heavy atom. The molecular weight excluding hydrogens is 384 g/mol. The monoisotopic (exact) mass is 408 g/mol. The van der Waals surface area contributed by atoms with E-state index in [0.29, 0.717) is 11.7 Å². The van der Waals surface area contributed by atoms with Gasteiger partial charge in [-0.1, -0.05) is 6.07 Å². The predicted molar refractivity (Wildman–Crippen MR) is 116 cm³/mol. The van der Waals surface area contributed by atoms with Gasteiger partial charge in [-0.25, -0.2) is 0 Å². The first-order valence-corrected chi connectivity index (χ1v) is 9.99. The van der Waals surface area contributed by atoms with Crippen LogP contribution >= 0.6 is 12.2 Å². The van der Waals surface area contributed by atoms with E-state index < -0.39 is 0 Å². The van der Waals surface area contributed by atoms with Crippen molar-refractivity contribution in [3.05, 3.63) is 77.4 Å². The van der Waals surface area contributed by atoms with Crippen LogP contribution in [0.15, 0.2) is 54.7 Å². The molecule has 0 amide bonds. The maximum atomic E-state index is 9.63. The molecule has 7 heteroatoms. The summed E-state index contributed by atoms with van der Waals surface area (Å²) in [6.45, 7) is 4.62. The Labute approximate surface area is 175 Å². The molecule has 29 heavy (non-hydrogen) atoms. The third-order valence-electron chi connectivity index (χ3n) is 5.44. The van der Waals surface area contributed by atoms with E-state index in [0.717, 1.165) is 28.3 Å². The first-order valence-electron chi connectivity index (χ1n) is 9.58. The number of rotatable bonds is 5. The zero-order chi connectivity index (χ0) is 20.5. The van der Waals surface area contributed by atoms with E-state index in [-0.39, 0.29) is 24.4 Å². The summed E-state index contributed by atoms with van der Waals surface area (Å²) in [6.07, 6.45) is 1.78. The van der Waals surface area contributed by atoms with E-state index in [1.165, 1.54) is 0 Å². The van der Waals surface area contributed by atoms with Gasteiger partial charge in [0.1, 0.15) is 5.75 Å². The fourth-order valence-corrected chi connectivity index (χ4v) is 4.51. The molecule has 3 heterocycles. The number of benzene rings is 1. The summed E-state index contributed by atoms with van der Waals surface area (Å²) in [5, 5.41) is 23.3. The molecule has 1 aliphatic heterocycles. The normalized spacial score (nSPS) is 18.9. The van der Waals surface area contributed by atoms with Gasteiger partial charge >= 0.3 is 0 Å². The van der Waals surface area contributed by atoms with Gasteiger partial charge < -0.3 is 25.0 Å². The number of aryl methyl sites for hydroxylation is 1. The zero-order valence-corrected chi connectivity index (χ0v) is 17.2. The van der Waals surface area contributed by atoms with Crippen molar-refractivity contribution in [1.29, 1.82) is 0 Å². The summed E-state index contributed by atoms with van der Waals surface area (Å²) in [5.74, 6) is 0.242. The third-order valence-corrected chi connectivity index (χ3v) is 5.79. The van der Waals surface area contributed by atoms with Crippen LogP contribution < -0.4 is 5.32 Å². The molecule has 1 saturated heterocycles. The number of nitrogens with one attached hydrogen (secondary N) is 1. The topological polar surface area (TPSA) is 73.5 Å². The number of nitrogens with zero attached hydrogens (tertiary/aromatic N) is 3. The maximum Gasteiger partial charge on any atom is 0.170 e. The van der Waals surface area contributed by atoms with E-state index in [9.17, 15) is 10.2 Å². The fourth-order valence-electron chi connectivity index (χ4n) is 4.18. The molecule has 0 radical (unpaired) electrons. The standard InChI is InChI=1S/C22H24N4O2S/c1-14-13-18(15(2)26(14)16-6-8-17(28)9-7-16)21-20(19-5-3-4-10-23-19)24-22(29)25(21)11-12-27/h3-10,13,20-21,27-28H,11-12H2,1-2H3,(H,24,29)/t20-,21+/m1/s1. The van der Waals surface area contributed by atoms with Crippen molar-refractivity contribution < 1.29 is 10.2 Å². The van der Waals surface area contributed by atoms with Crippen molar-refractivity contribution in [2.75, 3.05) is 13.2 Å². The van der Waals surface area contributed by atoms with Crippen molar-refractivity contribution in [3.8, 4) is 11.4 Å². The molecule has 3 N–H and O–H groups in total. The number of aromatic hydroxyl groups is 1. The molecule has 0 bridgehead atoms. The van der Waals surface area contributed by atoms with Crippen LogP contribution in [0.25, 0.3) is 5.69 Å². The largest absolute Gasteiger partial charge is 0.508 e. The van der Waals surface area contributed by atoms with Crippen molar-refractivity contribution in [2.24, 2.45) is 0 Å². The van der Waals surface area contributed by atoms with Crippen LogP contribution in [-0.4, -0.2) is 42.9 Å². The highest BCUT2D eigenvalue weighted by atomic mass is 32.1. The summed E-state index contributed by atoms with van der Waals surface area (Å²) in [6, 6.07) is 15.0. The van der Waals surface area contributed by atoms with E-state index in [4.69, 9.17) is 12.2 Å². The molecule has 0 spiro atoms. The van der Waals surface area contributed by atoms with Crippen molar-refractivity contribution in [3.63, 3.8) is 0 Å². The molecule has 2 aromatic heterocycles. The van der Waals surface area contributed by atoms with Gasteiger partial charge in [-0.2, -0.15) is 0 Å². The van der Waals surface area contributed by atoms with Crippen LogP contribution in [-0.2, 0) is 0 Å². The quantitative estimate of drug-likeness (QED) is 0.563. The number of aromatic nitrogens is 2. The number of aliphatic hydroxyl groups is 1. The Morgan fingerprint density at radius 3 is 2.55 bits per heavy atom. The Morgan fingerprint density at radius 2 is 1.90 bits per heavy atom. The maximum absolute atomic E-state index is 9.63. The van der Waals surface area contributed by atoms with Crippen LogP contribution in [0.2, 0.25) is 0 Å². The second-order valence-electron chi connectivity index (χ2n) is 7.22. The van der Waals surface area contributed by atoms with Gasteiger partial charge in [0.2, 0.25) is 0 Å². The number of pyridine rings is 1. The molecule has 3 aromatic rings. The van der Waals surface area contributed by atoms with Crippen molar-refractivity contribution >= 4 is 17.3 Å². The molecule has 4 rings (SSSR count). The molecule has 2 atom stereocenters. The van der Waals surface area contributed by atoms with Gasteiger partial charge in [0, 0.05) is 29.8 Å². The minimum atomic E-state index is -0.107. The molecule has 0 unspecified atom stereocenters. The van der Waals surface area contributed by atoms with Crippen molar-refractivity contribution in [2.45, 2.75) is 25.9 Å². The van der Waals surface area contributed by atoms with Crippen LogP contribution in [0.3, 0.4) is 0 Å². The molecule has 6 nitrogen and oxygen atoms in total. The number of aliphatic hydroxyl groups excluding tert-OH is 1. The summed E-state index contributed by atoms with van der Waals surface area (Å²) < 4.78 is 2.17. The van der Waals surface area contributed by atoms with Crippen LogP contribution in [0.4, 0.5) is 0 Å². The molecule has 0 aliphatic carbocycles. The number of hydrogen-bond acceptors (Lipinski definition) is 4. The Balaban J connectivity index is 1.82. The van der Waals surface area contributed by atoms with Gasteiger partial charge in [0.05, 0.1) is 24.4 Å². The summed E-state index contributed by atoms with van der Waals surface area (Å²) in [7, 11) is 0.